The molecule has 1 fully saturated rings. The Morgan fingerprint density at radius 3 is 2.62 bits per heavy atom. The first kappa shape index (κ1) is 24.0. The quantitative estimate of drug-likeness (QED) is 0.524. The van der Waals surface area contributed by atoms with E-state index in [1.54, 1.807) is 6.92 Å². The second-order valence-electron chi connectivity index (χ2n) is 9.13. The molecule has 4 atom stereocenters. The van der Waals surface area contributed by atoms with Crippen LogP contribution in [0, 0.1) is 6.92 Å². The summed E-state index contributed by atoms with van der Waals surface area (Å²) in [5.74, 6) is 0. The van der Waals surface area contributed by atoms with Crippen LogP contribution in [0.5, 0.6) is 0 Å². The van der Waals surface area contributed by atoms with Gasteiger partial charge in [0.05, 0.1) is 25.9 Å². The van der Waals surface area contributed by atoms with Crippen molar-refractivity contribution in [3.8, 4) is 0 Å². The summed E-state index contributed by atoms with van der Waals surface area (Å²) < 4.78 is 19.5. The number of hydrogen-bond donors (Lipinski definition) is 3. The van der Waals surface area contributed by atoms with E-state index in [-0.39, 0.29) is 31.0 Å². The van der Waals surface area contributed by atoms with Crippen LogP contribution in [0.15, 0.2) is 15.8 Å². The van der Waals surface area contributed by atoms with E-state index in [1.807, 2.05) is 0 Å². The van der Waals surface area contributed by atoms with Crippen molar-refractivity contribution in [2.75, 3.05) is 19.8 Å². The summed E-state index contributed by atoms with van der Waals surface area (Å²) >= 11 is 0. The summed E-state index contributed by atoms with van der Waals surface area (Å²) in [6.07, 6.45) is -0.367. The molecule has 0 aromatic carbocycles. The van der Waals surface area contributed by atoms with Crippen molar-refractivity contribution < 1.29 is 24.1 Å². The van der Waals surface area contributed by atoms with Crippen LogP contribution in [0.4, 0.5) is 0 Å². The zero-order chi connectivity index (χ0) is 22.0. The lowest BCUT2D eigenvalue weighted by Crippen LogP contribution is -2.46. The topological polar surface area (TPSA) is 123 Å². The maximum Gasteiger partial charge on any atom is 0.330 e. The Morgan fingerprint density at radius 1 is 1.38 bits per heavy atom. The molecule has 2 heterocycles. The molecule has 1 unspecified atom stereocenters. The van der Waals surface area contributed by atoms with Crippen molar-refractivity contribution in [2.24, 2.45) is 0 Å². The lowest BCUT2D eigenvalue weighted by Gasteiger charge is -2.39. The molecule has 9 nitrogen and oxygen atoms in total. The molecule has 0 spiro atoms. The number of aliphatic hydroxyl groups excluding tert-OH is 2. The molecule has 0 saturated carbocycles. The summed E-state index contributed by atoms with van der Waals surface area (Å²) in [7, 11) is -2.11. The first-order valence-corrected chi connectivity index (χ1v) is 12.8. The molecule has 1 aliphatic heterocycles. The molecule has 1 aromatic heterocycles. The first-order valence-electron chi connectivity index (χ1n) is 9.87. The lowest BCUT2D eigenvalue weighted by molar-refractivity contribution is -0.0775. The number of aryl methyl sites for hydroxylation is 1. The second-order valence-corrected chi connectivity index (χ2v) is 13.9. The van der Waals surface area contributed by atoms with Crippen LogP contribution in [0.25, 0.3) is 0 Å². The minimum absolute atomic E-state index is 0.00497. The smallest absolute Gasteiger partial charge is 0.330 e. The van der Waals surface area contributed by atoms with Crippen LogP contribution >= 0.6 is 0 Å². The van der Waals surface area contributed by atoms with E-state index in [0.29, 0.717) is 12.0 Å². The molecule has 1 aromatic rings. The van der Waals surface area contributed by atoms with Gasteiger partial charge in [0.15, 0.2) is 8.32 Å². The Morgan fingerprint density at radius 2 is 2.03 bits per heavy atom. The van der Waals surface area contributed by atoms with E-state index in [4.69, 9.17) is 19.0 Å². The molecule has 29 heavy (non-hydrogen) atoms. The highest BCUT2D eigenvalue weighted by molar-refractivity contribution is 6.74. The van der Waals surface area contributed by atoms with Gasteiger partial charge < -0.3 is 24.1 Å². The number of nitrogens with zero attached hydrogens (tertiary/aromatic N) is 1. The minimum atomic E-state index is -2.11. The minimum Gasteiger partial charge on any atom is -0.411 e. The van der Waals surface area contributed by atoms with Crippen LogP contribution < -0.4 is 11.2 Å². The summed E-state index contributed by atoms with van der Waals surface area (Å²) in [6, 6.07) is 0. The molecule has 0 radical (unpaired) electrons. The number of aromatic nitrogens is 2. The van der Waals surface area contributed by atoms with E-state index >= 15 is 0 Å². The van der Waals surface area contributed by atoms with E-state index in [2.05, 4.69) is 38.8 Å². The molecule has 0 amide bonds. The molecule has 0 bridgehead atoms. The number of hydrogen-bond acceptors (Lipinski definition) is 7. The summed E-state index contributed by atoms with van der Waals surface area (Å²) in [4.78, 5) is 26.3. The average molecular weight is 431 g/mol. The highest BCUT2D eigenvalue weighted by Crippen LogP contribution is 2.41. The second kappa shape index (κ2) is 9.23. The van der Waals surface area contributed by atoms with Crippen LogP contribution in [0.3, 0.4) is 0 Å². The van der Waals surface area contributed by atoms with Gasteiger partial charge in [-0.05, 0) is 25.1 Å². The van der Waals surface area contributed by atoms with Crippen molar-refractivity contribution in [3.05, 3.63) is 32.6 Å². The van der Waals surface area contributed by atoms with E-state index in [0.717, 1.165) is 0 Å². The number of aliphatic hydroxyl groups is 2. The van der Waals surface area contributed by atoms with Crippen molar-refractivity contribution in [3.63, 3.8) is 0 Å². The molecule has 166 valence electrons. The number of ether oxygens (including phenoxy) is 2. The van der Waals surface area contributed by atoms with E-state index in [9.17, 15) is 14.7 Å². The Hall–Kier alpha value is -1.30. The molecular formula is C19H34N2O7Si. The lowest BCUT2D eigenvalue weighted by atomic mass is 10.2. The zero-order valence-corrected chi connectivity index (χ0v) is 19.1. The monoisotopic (exact) mass is 430 g/mol. The fourth-order valence-corrected chi connectivity index (χ4v) is 4.23. The van der Waals surface area contributed by atoms with Crippen LogP contribution in [-0.4, -0.2) is 66.2 Å². The summed E-state index contributed by atoms with van der Waals surface area (Å²) in [6.45, 7) is 12.1. The maximum absolute atomic E-state index is 12.3. The van der Waals surface area contributed by atoms with E-state index in [1.165, 1.54) is 10.8 Å². The molecule has 1 saturated heterocycles. The highest BCUT2D eigenvalue weighted by atomic mass is 28.4. The predicted octanol–water partition coefficient (Wildman–Crippen LogP) is 0.893. The standard InChI is InChI=1S/C19H34N2O7Si/c1-12-8-21(18(25)20-17(12)24)16-7-14(28-29(5,6)19(2,3)4)15(27-16)11-26-10-13(23)9-22/h8,13-16,22-23H,7,9-11H2,1-6H3,(H,20,24,25)/t13?,14-,15+,16+/m0/s1. The maximum atomic E-state index is 12.3. The van der Waals surface area contributed by atoms with Crippen LogP contribution in [0.1, 0.15) is 39.0 Å². The third kappa shape index (κ3) is 5.86. The average Bonchev–Trinajstić information content (AvgIpc) is 2.98. The zero-order valence-electron chi connectivity index (χ0n) is 18.1. The predicted molar refractivity (Wildman–Crippen MR) is 111 cm³/mol. The van der Waals surface area contributed by atoms with Gasteiger partial charge in [0.1, 0.15) is 18.4 Å². The summed E-state index contributed by atoms with van der Waals surface area (Å²) in [5.41, 5.74) is -0.536. The van der Waals surface area contributed by atoms with Gasteiger partial charge in [0.25, 0.3) is 5.56 Å². The molecule has 2 rings (SSSR count). The largest absolute Gasteiger partial charge is 0.411 e. The number of nitrogens with one attached hydrogen (secondary N) is 1. The van der Waals surface area contributed by atoms with Gasteiger partial charge in [0, 0.05) is 18.2 Å². The van der Waals surface area contributed by atoms with E-state index < -0.39 is 38.0 Å². The molecule has 3 N–H and O–H groups in total. The van der Waals surface area contributed by atoms with Crippen molar-refractivity contribution in [1.29, 1.82) is 0 Å². The Labute approximate surface area is 171 Å². The third-order valence-corrected chi connectivity index (χ3v) is 10.2. The van der Waals surface area contributed by atoms with Crippen LogP contribution in [-0.2, 0) is 13.9 Å². The molecular weight excluding hydrogens is 396 g/mol. The van der Waals surface area contributed by atoms with Gasteiger partial charge in [0.2, 0.25) is 0 Å². The fourth-order valence-electron chi connectivity index (χ4n) is 2.87. The van der Waals surface area contributed by atoms with Gasteiger partial charge >= 0.3 is 5.69 Å². The first-order chi connectivity index (χ1) is 13.4. The van der Waals surface area contributed by atoms with Crippen molar-refractivity contribution in [1.82, 2.24) is 9.55 Å². The molecule has 0 aliphatic carbocycles. The Bertz CT molecular complexity index is 799. The van der Waals surface area contributed by atoms with Gasteiger partial charge in [-0.2, -0.15) is 0 Å². The Kier molecular flexibility index (Phi) is 7.63. The number of rotatable bonds is 8. The van der Waals surface area contributed by atoms with Gasteiger partial charge in [-0.15, -0.1) is 0 Å². The van der Waals surface area contributed by atoms with Gasteiger partial charge in [-0.3, -0.25) is 14.3 Å². The van der Waals surface area contributed by atoms with Crippen molar-refractivity contribution in [2.45, 2.75) is 76.8 Å². The Balaban J connectivity index is 2.22. The van der Waals surface area contributed by atoms with Crippen molar-refractivity contribution >= 4 is 8.32 Å². The highest BCUT2D eigenvalue weighted by Gasteiger charge is 2.45. The SMILES string of the molecule is Cc1cn([C@H]2C[C@H](O[Si](C)(C)C(C)(C)C)[C@@H](COCC(O)CO)O2)c(=O)[nH]c1=O. The summed E-state index contributed by atoms with van der Waals surface area (Å²) in [5, 5.41) is 18.4. The molecule has 1 aliphatic rings. The number of aromatic amines is 1. The fraction of sp³-hybridized carbons (Fsp3) is 0.789. The number of H-pyrrole nitrogens is 1. The third-order valence-electron chi connectivity index (χ3n) is 5.69. The molecule has 10 heteroatoms. The van der Waals surface area contributed by atoms with Gasteiger partial charge in [-0.1, -0.05) is 20.8 Å². The van der Waals surface area contributed by atoms with Gasteiger partial charge in [-0.25, -0.2) is 4.79 Å². The van der Waals surface area contributed by atoms with Crippen LogP contribution in [0.2, 0.25) is 18.1 Å². The normalized spacial score (nSPS) is 24.1.